The van der Waals surface area contributed by atoms with Crippen LogP contribution in [0.2, 0.25) is 5.02 Å². The third-order valence-corrected chi connectivity index (χ3v) is 7.41. The summed E-state index contributed by atoms with van der Waals surface area (Å²) in [5.41, 5.74) is 2.37. The van der Waals surface area contributed by atoms with Crippen LogP contribution in [0.4, 0.5) is 0 Å². The van der Waals surface area contributed by atoms with Crippen LogP contribution < -0.4 is 4.72 Å². The van der Waals surface area contributed by atoms with E-state index >= 15 is 0 Å². The minimum absolute atomic E-state index is 0.0711. The van der Waals surface area contributed by atoms with Gasteiger partial charge in [-0.05, 0) is 60.7 Å². The number of amides is 1. The Balaban J connectivity index is 1.58. The first-order valence-electron chi connectivity index (χ1n) is 10.0. The molecule has 6 nitrogen and oxygen atoms in total. The second-order valence-corrected chi connectivity index (χ2v) is 9.74. The Morgan fingerprint density at radius 2 is 2.00 bits per heavy atom. The van der Waals surface area contributed by atoms with Crippen molar-refractivity contribution in [1.82, 2.24) is 9.62 Å². The summed E-state index contributed by atoms with van der Waals surface area (Å²) in [5, 5.41) is 0.0711. The molecule has 1 atom stereocenters. The number of nitrogens with one attached hydrogen (secondary N) is 1. The lowest BCUT2D eigenvalue weighted by atomic mass is 9.88. The molecule has 3 aromatic rings. The first kappa shape index (κ1) is 21.6. The molecule has 1 aliphatic carbocycles. The molecule has 0 bridgehead atoms. The first-order valence-corrected chi connectivity index (χ1v) is 11.9. The molecular formula is C23H23ClN2O4S. The number of sulfonamides is 1. The highest BCUT2D eigenvalue weighted by atomic mass is 35.5. The Morgan fingerprint density at radius 1 is 1.19 bits per heavy atom. The summed E-state index contributed by atoms with van der Waals surface area (Å²) in [6, 6.07) is 15.3. The molecule has 1 aliphatic rings. The predicted molar refractivity (Wildman–Crippen MR) is 118 cm³/mol. The molecule has 0 aliphatic heterocycles. The zero-order valence-electron chi connectivity index (χ0n) is 17.0. The summed E-state index contributed by atoms with van der Waals surface area (Å²) in [7, 11) is -2.31. The van der Waals surface area contributed by atoms with Gasteiger partial charge in [0.15, 0.2) is 0 Å². The first-order chi connectivity index (χ1) is 14.8. The smallest absolute Gasteiger partial charge is 0.254 e. The van der Waals surface area contributed by atoms with E-state index in [1.165, 1.54) is 29.4 Å². The van der Waals surface area contributed by atoms with Crippen molar-refractivity contribution in [3.63, 3.8) is 0 Å². The van der Waals surface area contributed by atoms with Gasteiger partial charge in [0.1, 0.15) is 10.7 Å². The topological polar surface area (TPSA) is 79.6 Å². The number of nitrogens with zero attached hydrogens (tertiary/aromatic N) is 1. The van der Waals surface area contributed by atoms with Crippen LogP contribution in [-0.4, -0.2) is 26.3 Å². The SMILES string of the molecule is CN(Cc1ccco1)C(=O)c1ccc(Cl)c(S(=O)(=O)N[C@@H]2CCCc3ccccc32)c1. The van der Waals surface area contributed by atoms with Gasteiger partial charge in [-0.3, -0.25) is 4.79 Å². The molecule has 162 valence electrons. The molecule has 1 N–H and O–H groups in total. The quantitative estimate of drug-likeness (QED) is 0.587. The molecule has 0 fully saturated rings. The average molecular weight is 459 g/mol. The van der Waals surface area contributed by atoms with Crippen LogP contribution >= 0.6 is 11.6 Å². The van der Waals surface area contributed by atoms with Crippen molar-refractivity contribution in [3.8, 4) is 0 Å². The number of halogens is 1. The van der Waals surface area contributed by atoms with Crippen LogP contribution in [0.5, 0.6) is 0 Å². The predicted octanol–water partition coefficient (Wildman–Crippen LogP) is 4.56. The molecule has 1 amide bonds. The molecule has 4 rings (SSSR count). The van der Waals surface area contributed by atoms with Gasteiger partial charge in [-0.1, -0.05) is 35.9 Å². The highest BCUT2D eigenvalue weighted by molar-refractivity contribution is 7.89. The van der Waals surface area contributed by atoms with Crippen molar-refractivity contribution in [2.45, 2.75) is 36.7 Å². The second kappa shape index (κ2) is 8.86. The lowest BCUT2D eigenvalue weighted by Crippen LogP contribution is -2.31. The fourth-order valence-electron chi connectivity index (χ4n) is 3.90. The van der Waals surface area contributed by atoms with E-state index in [0.29, 0.717) is 12.2 Å². The zero-order valence-corrected chi connectivity index (χ0v) is 18.6. The number of hydrogen-bond donors (Lipinski definition) is 1. The molecule has 1 aromatic heterocycles. The van der Waals surface area contributed by atoms with E-state index in [0.717, 1.165) is 24.0 Å². The Labute approximate surface area is 186 Å². The maximum Gasteiger partial charge on any atom is 0.254 e. The van der Waals surface area contributed by atoms with Gasteiger partial charge in [-0.2, -0.15) is 0 Å². The molecule has 0 spiro atoms. The van der Waals surface area contributed by atoms with Gasteiger partial charge in [0.25, 0.3) is 5.91 Å². The van der Waals surface area contributed by atoms with Crippen molar-refractivity contribution in [2.24, 2.45) is 0 Å². The lowest BCUT2D eigenvalue weighted by Gasteiger charge is -2.26. The Bertz CT molecular complexity index is 1190. The molecule has 2 aromatic carbocycles. The monoisotopic (exact) mass is 458 g/mol. The van der Waals surface area contributed by atoms with Crippen LogP contribution in [0.3, 0.4) is 0 Å². The van der Waals surface area contributed by atoms with E-state index in [1.807, 2.05) is 24.3 Å². The molecule has 1 heterocycles. The Morgan fingerprint density at radius 3 is 2.77 bits per heavy atom. The number of aryl methyl sites for hydroxylation is 1. The molecule has 0 saturated heterocycles. The molecule has 0 unspecified atom stereocenters. The normalized spacial score (nSPS) is 16.0. The maximum atomic E-state index is 13.2. The Kier molecular flexibility index (Phi) is 6.18. The summed E-state index contributed by atoms with van der Waals surface area (Å²) >= 11 is 6.24. The van der Waals surface area contributed by atoms with Gasteiger partial charge < -0.3 is 9.32 Å². The fourth-order valence-corrected chi connectivity index (χ4v) is 5.67. The van der Waals surface area contributed by atoms with Crippen molar-refractivity contribution in [2.75, 3.05) is 7.05 Å². The van der Waals surface area contributed by atoms with E-state index in [-0.39, 0.29) is 34.0 Å². The van der Waals surface area contributed by atoms with Gasteiger partial charge in [-0.25, -0.2) is 13.1 Å². The zero-order chi connectivity index (χ0) is 22.0. The van der Waals surface area contributed by atoms with Gasteiger partial charge in [0, 0.05) is 18.7 Å². The minimum Gasteiger partial charge on any atom is -0.467 e. The van der Waals surface area contributed by atoms with E-state index in [2.05, 4.69) is 4.72 Å². The van der Waals surface area contributed by atoms with E-state index < -0.39 is 10.0 Å². The second-order valence-electron chi connectivity index (χ2n) is 7.65. The summed E-state index contributed by atoms with van der Waals surface area (Å²) in [6.45, 7) is 0.271. The fraction of sp³-hybridized carbons (Fsp3) is 0.261. The largest absolute Gasteiger partial charge is 0.467 e. The van der Waals surface area contributed by atoms with Gasteiger partial charge in [-0.15, -0.1) is 0 Å². The summed E-state index contributed by atoms with van der Waals surface area (Å²) < 4.78 is 34.5. The lowest BCUT2D eigenvalue weighted by molar-refractivity contribution is 0.0775. The summed E-state index contributed by atoms with van der Waals surface area (Å²) in [4.78, 5) is 14.2. The van der Waals surface area contributed by atoms with Crippen molar-refractivity contribution >= 4 is 27.5 Å². The number of benzene rings is 2. The molecule has 31 heavy (non-hydrogen) atoms. The summed E-state index contributed by atoms with van der Waals surface area (Å²) in [6.07, 6.45) is 4.07. The van der Waals surface area contributed by atoms with Crippen LogP contribution in [0.1, 0.15) is 46.1 Å². The highest BCUT2D eigenvalue weighted by Gasteiger charge is 2.28. The van der Waals surface area contributed by atoms with Gasteiger partial charge in [0.2, 0.25) is 10.0 Å². The van der Waals surface area contributed by atoms with E-state index in [4.69, 9.17) is 16.0 Å². The van der Waals surface area contributed by atoms with Crippen LogP contribution in [0.15, 0.2) is 70.2 Å². The van der Waals surface area contributed by atoms with E-state index in [1.54, 1.807) is 19.2 Å². The number of hydrogen-bond acceptors (Lipinski definition) is 4. The molecule has 0 saturated carbocycles. The number of carbonyl (C=O) groups is 1. The van der Waals surface area contributed by atoms with Crippen LogP contribution in [-0.2, 0) is 23.0 Å². The van der Waals surface area contributed by atoms with Gasteiger partial charge >= 0.3 is 0 Å². The molecule has 0 radical (unpaired) electrons. The Hall–Kier alpha value is -2.61. The van der Waals surface area contributed by atoms with Crippen molar-refractivity contribution in [3.05, 3.63) is 88.3 Å². The van der Waals surface area contributed by atoms with Crippen molar-refractivity contribution < 1.29 is 17.6 Å². The number of carbonyl (C=O) groups excluding carboxylic acids is 1. The highest BCUT2D eigenvalue weighted by Crippen LogP contribution is 2.32. The van der Waals surface area contributed by atoms with Crippen LogP contribution in [0, 0.1) is 0 Å². The maximum absolute atomic E-state index is 13.2. The van der Waals surface area contributed by atoms with Crippen LogP contribution in [0.25, 0.3) is 0 Å². The average Bonchev–Trinajstić information content (AvgIpc) is 3.26. The number of fused-ring (bicyclic) bond motifs is 1. The summed E-state index contributed by atoms with van der Waals surface area (Å²) in [5.74, 6) is 0.308. The standard InChI is InChI=1S/C23H23ClN2O4S/c1-26(15-18-8-5-13-30-18)23(27)17-11-12-20(24)22(14-17)31(28,29)25-21-10-4-7-16-6-2-3-9-19(16)21/h2-3,5-6,8-9,11-14,21,25H,4,7,10,15H2,1H3/t21-/m1/s1. The minimum atomic E-state index is -3.94. The third-order valence-electron chi connectivity index (χ3n) is 5.45. The van der Waals surface area contributed by atoms with Gasteiger partial charge in [0.05, 0.1) is 17.8 Å². The molecular weight excluding hydrogens is 436 g/mol. The number of rotatable bonds is 6. The van der Waals surface area contributed by atoms with Crippen molar-refractivity contribution in [1.29, 1.82) is 0 Å². The third kappa shape index (κ3) is 4.69. The molecule has 8 heteroatoms. The van der Waals surface area contributed by atoms with E-state index in [9.17, 15) is 13.2 Å². The number of furan rings is 1.